The van der Waals surface area contributed by atoms with Crippen LogP contribution >= 0.6 is 0 Å². The van der Waals surface area contributed by atoms with E-state index in [9.17, 15) is 32.3 Å². The van der Waals surface area contributed by atoms with Crippen molar-refractivity contribution in [1.29, 1.82) is 0 Å². The summed E-state index contributed by atoms with van der Waals surface area (Å²) in [4.78, 5) is 50.4. The number of aromatic nitrogens is 3. The number of alkyl halides is 3. The van der Waals surface area contributed by atoms with E-state index in [1.165, 1.54) is 6.92 Å². The van der Waals surface area contributed by atoms with Crippen molar-refractivity contribution in [2.45, 2.75) is 32.7 Å². The SMILES string of the molecule is CCn1c(=O)c(C(=O)Cn2cc(C(F)(F)F)ccc2=O)c(N)n(Cc2ccccc2)c1=O. The Hall–Kier alpha value is -3.89. The molecule has 0 unspecified atom stereocenters. The minimum atomic E-state index is -4.73. The smallest absolute Gasteiger partial charge is 0.384 e. The highest BCUT2D eigenvalue weighted by molar-refractivity contribution is 5.99. The maximum atomic E-state index is 13.0. The predicted molar refractivity (Wildman–Crippen MR) is 111 cm³/mol. The normalized spacial score (nSPS) is 11.5. The van der Waals surface area contributed by atoms with Crippen LogP contribution in [0, 0.1) is 0 Å². The van der Waals surface area contributed by atoms with Gasteiger partial charge in [-0.2, -0.15) is 13.2 Å². The fourth-order valence-corrected chi connectivity index (χ4v) is 3.23. The van der Waals surface area contributed by atoms with Gasteiger partial charge in [-0.15, -0.1) is 0 Å². The van der Waals surface area contributed by atoms with Gasteiger partial charge in [0.2, 0.25) is 0 Å². The minimum Gasteiger partial charge on any atom is -0.384 e. The van der Waals surface area contributed by atoms with Gasteiger partial charge in [-0.1, -0.05) is 30.3 Å². The average molecular weight is 448 g/mol. The average Bonchev–Trinajstić information content (AvgIpc) is 2.73. The van der Waals surface area contributed by atoms with Crippen LogP contribution in [-0.2, 0) is 25.8 Å². The molecular weight excluding hydrogens is 429 g/mol. The molecule has 0 saturated carbocycles. The molecule has 32 heavy (non-hydrogen) atoms. The second-order valence-electron chi connectivity index (χ2n) is 6.97. The lowest BCUT2D eigenvalue weighted by Crippen LogP contribution is -2.44. The summed E-state index contributed by atoms with van der Waals surface area (Å²) in [5, 5.41) is 0. The Morgan fingerprint density at radius 3 is 2.25 bits per heavy atom. The summed E-state index contributed by atoms with van der Waals surface area (Å²) in [5.41, 5.74) is 2.43. The van der Waals surface area contributed by atoms with Gasteiger partial charge in [-0.3, -0.25) is 23.5 Å². The molecule has 0 atom stereocenters. The first kappa shape index (κ1) is 22.8. The van der Waals surface area contributed by atoms with E-state index in [2.05, 4.69) is 0 Å². The maximum Gasteiger partial charge on any atom is 0.417 e. The Morgan fingerprint density at radius 2 is 1.66 bits per heavy atom. The molecular formula is C21H19F3N4O4. The number of halogens is 3. The quantitative estimate of drug-likeness (QED) is 0.578. The topological polar surface area (TPSA) is 109 Å². The summed E-state index contributed by atoms with van der Waals surface area (Å²) in [6.45, 7) is 0.582. The number of nitrogen functional groups attached to an aromatic ring is 1. The van der Waals surface area contributed by atoms with E-state index in [0.29, 0.717) is 28.5 Å². The largest absolute Gasteiger partial charge is 0.417 e. The van der Waals surface area contributed by atoms with Crippen LogP contribution in [0.15, 0.2) is 63.0 Å². The van der Waals surface area contributed by atoms with Crippen LogP contribution in [0.4, 0.5) is 19.0 Å². The van der Waals surface area contributed by atoms with E-state index in [-0.39, 0.29) is 13.1 Å². The lowest BCUT2D eigenvalue weighted by molar-refractivity contribution is -0.138. The number of benzene rings is 1. The monoisotopic (exact) mass is 448 g/mol. The first-order valence-corrected chi connectivity index (χ1v) is 9.52. The summed E-state index contributed by atoms with van der Waals surface area (Å²) < 4.78 is 41.3. The Labute approximate surface area is 179 Å². The van der Waals surface area contributed by atoms with Crippen LogP contribution in [0.2, 0.25) is 0 Å². The van der Waals surface area contributed by atoms with Crippen molar-refractivity contribution in [3.8, 4) is 0 Å². The van der Waals surface area contributed by atoms with Gasteiger partial charge in [0, 0.05) is 18.8 Å². The van der Waals surface area contributed by atoms with Crippen molar-refractivity contribution in [2.75, 3.05) is 5.73 Å². The van der Waals surface area contributed by atoms with Crippen LogP contribution < -0.4 is 22.5 Å². The fraction of sp³-hybridized carbons (Fsp3) is 0.238. The van der Waals surface area contributed by atoms with E-state index in [1.54, 1.807) is 30.3 Å². The molecule has 0 fully saturated rings. The van der Waals surface area contributed by atoms with Crippen molar-refractivity contribution >= 4 is 11.6 Å². The molecule has 0 bridgehead atoms. The summed E-state index contributed by atoms with van der Waals surface area (Å²) in [5.74, 6) is -1.41. The zero-order valence-electron chi connectivity index (χ0n) is 16.9. The molecule has 2 N–H and O–H groups in total. The third-order valence-electron chi connectivity index (χ3n) is 4.87. The van der Waals surface area contributed by atoms with Gasteiger partial charge < -0.3 is 10.3 Å². The third-order valence-corrected chi connectivity index (χ3v) is 4.87. The lowest BCUT2D eigenvalue weighted by atomic mass is 10.1. The molecule has 0 aliphatic rings. The fourth-order valence-electron chi connectivity index (χ4n) is 3.23. The van der Waals surface area contributed by atoms with E-state index < -0.39 is 52.3 Å². The maximum absolute atomic E-state index is 13.0. The van der Waals surface area contributed by atoms with Gasteiger partial charge in [0.15, 0.2) is 5.78 Å². The second kappa shape index (κ2) is 8.69. The molecule has 11 heteroatoms. The molecule has 0 aliphatic carbocycles. The number of ketones is 1. The van der Waals surface area contributed by atoms with Gasteiger partial charge in [-0.05, 0) is 18.6 Å². The highest BCUT2D eigenvalue weighted by atomic mass is 19.4. The first-order chi connectivity index (χ1) is 15.0. The number of carbonyl (C=O) groups is 1. The van der Waals surface area contributed by atoms with Crippen LogP contribution in [0.25, 0.3) is 0 Å². The summed E-state index contributed by atoms with van der Waals surface area (Å²) in [6, 6.07) is 9.96. The number of nitrogens with zero attached hydrogens (tertiary/aromatic N) is 3. The predicted octanol–water partition coefficient (Wildman–Crippen LogP) is 1.72. The lowest BCUT2D eigenvalue weighted by Gasteiger charge is -2.16. The van der Waals surface area contributed by atoms with Gasteiger partial charge in [0.1, 0.15) is 11.4 Å². The van der Waals surface area contributed by atoms with Gasteiger partial charge in [-0.25, -0.2) is 4.79 Å². The van der Waals surface area contributed by atoms with Crippen molar-refractivity contribution in [3.05, 3.63) is 96.5 Å². The van der Waals surface area contributed by atoms with Crippen molar-refractivity contribution in [2.24, 2.45) is 0 Å². The number of Topliss-reactive ketones (excluding diaryl/α,β-unsaturated/α-hetero) is 1. The highest BCUT2D eigenvalue weighted by Crippen LogP contribution is 2.28. The van der Waals surface area contributed by atoms with Crippen LogP contribution in [0.1, 0.15) is 28.4 Å². The van der Waals surface area contributed by atoms with E-state index in [0.717, 1.165) is 9.13 Å². The highest BCUT2D eigenvalue weighted by Gasteiger charge is 2.31. The molecule has 3 aromatic rings. The first-order valence-electron chi connectivity index (χ1n) is 9.52. The number of carbonyl (C=O) groups excluding carboxylic acids is 1. The zero-order valence-corrected chi connectivity index (χ0v) is 16.9. The third kappa shape index (κ3) is 4.41. The van der Waals surface area contributed by atoms with Gasteiger partial charge >= 0.3 is 11.9 Å². The molecule has 1 aromatic carbocycles. The molecule has 0 amide bonds. The Kier molecular flexibility index (Phi) is 6.19. The van der Waals surface area contributed by atoms with Crippen LogP contribution in [0.5, 0.6) is 0 Å². The minimum absolute atomic E-state index is 0.0322. The molecule has 0 spiro atoms. The van der Waals surface area contributed by atoms with Crippen molar-refractivity contribution in [1.82, 2.24) is 13.7 Å². The summed E-state index contributed by atoms with van der Waals surface area (Å²) in [7, 11) is 0. The molecule has 0 radical (unpaired) electrons. The molecule has 168 valence electrons. The molecule has 0 aliphatic heterocycles. The van der Waals surface area contributed by atoms with Gasteiger partial charge in [0.25, 0.3) is 11.1 Å². The summed E-state index contributed by atoms with van der Waals surface area (Å²) >= 11 is 0. The molecule has 2 aromatic heterocycles. The standard InChI is InChI=1S/C21H19F3N4O4/c1-2-27-19(31)17(18(25)28(20(27)32)10-13-6-4-3-5-7-13)15(29)12-26-11-14(21(22,23)24)8-9-16(26)30/h3-9,11H,2,10,12,25H2,1H3. The number of pyridine rings is 1. The molecule has 8 nitrogen and oxygen atoms in total. The Balaban J connectivity index is 2.11. The number of rotatable bonds is 6. The number of hydrogen-bond acceptors (Lipinski definition) is 5. The van der Waals surface area contributed by atoms with Crippen LogP contribution in [-0.4, -0.2) is 19.5 Å². The van der Waals surface area contributed by atoms with Gasteiger partial charge in [0.05, 0.1) is 18.7 Å². The molecule has 3 rings (SSSR count). The van der Waals surface area contributed by atoms with E-state index in [1.807, 2.05) is 0 Å². The Bertz CT molecular complexity index is 1340. The molecule has 0 saturated heterocycles. The van der Waals surface area contributed by atoms with Crippen molar-refractivity contribution in [3.63, 3.8) is 0 Å². The van der Waals surface area contributed by atoms with E-state index in [4.69, 9.17) is 5.73 Å². The Morgan fingerprint density at radius 1 is 1.00 bits per heavy atom. The number of anilines is 1. The second-order valence-corrected chi connectivity index (χ2v) is 6.97. The molecule has 2 heterocycles. The van der Waals surface area contributed by atoms with E-state index >= 15 is 0 Å². The zero-order chi connectivity index (χ0) is 23.6. The number of hydrogen-bond donors (Lipinski definition) is 1. The summed E-state index contributed by atoms with van der Waals surface area (Å²) in [6.07, 6.45) is -4.23. The van der Waals surface area contributed by atoms with Crippen molar-refractivity contribution < 1.29 is 18.0 Å². The van der Waals surface area contributed by atoms with Crippen LogP contribution in [0.3, 0.4) is 0 Å². The number of nitrogens with two attached hydrogens (primary N) is 1.